The monoisotopic (exact) mass is 387 g/mol. The zero-order chi connectivity index (χ0) is 20.4. The predicted molar refractivity (Wildman–Crippen MR) is 116 cm³/mol. The van der Waals surface area contributed by atoms with Crippen molar-refractivity contribution in [2.75, 3.05) is 5.32 Å². The fourth-order valence-corrected chi connectivity index (χ4v) is 3.40. The summed E-state index contributed by atoms with van der Waals surface area (Å²) in [6, 6.07) is 15.9. The zero-order valence-corrected chi connectivity index (χ0v) is 17.0. The van der Waals surface area contributed by atoms with Crippen molar-refractivity contribution < 1.29 is 0 Å². The second-order valence-electron chi connectivity index (χ2n) is 7.35. The highest BCUT2D eigenvalue weighted by Crippen LogP contribution is 2.20. The van der Waals surface area contributed by atoms with Gasteiger partial charge in [-0.15, -0.1) is 0 Å². The molecule has 0 bridgehead atoms. The van der Waals surface area contributed by atoms with Gasteiger partial charge in [-0.3, -0.25) is 9.89 Å². The van der Waals surface area contributed by atoms with Crippen molar-refractivity contribution in [3.63, 3.8) is 0 Å². The number of anilines is 1. The number of benzene rings is 2. The van der Waals surface area contributed by atoms with Crippen molar-refractivity contribution in [3.8, 4) is 11.4 Å². The molecule has 29 heavy (non-hydrogen) atoms. The van der Waals surface area contributed by atoms with Gasteiger partial charge in [0.25, 0.3) is 11.3 Å². The van der Waals surface area contributed by atoms with Crippen LogP contribution in [0.4, 0.5) is 5.69 Å². The molecule has 0 unspecified atom stereocenters. The zero-order valence-electron chi connectivity index (χ0n) is 17.0. The highest BCUT2D eigenvalue weighted by atomic mass is 16.1. The number of aromatic nitrogens is 4. The molecule has 6 heteroatoms. The lowest BCUT2D eigenvalue weighted by Crippen LogP contribution is -2.17. The lowest BCUT2D eigenvalue weighted by molar-refractivity contribution is 0.876. The first-order valence-corrected chi connectivity index (χ1v) is 9.93. The number of nitrogens with zero attached hydrogens (tertiary/aromatic N) is 3. The minimum atomic E-state index is -0.170. The molecule has 2 heterocycles. The van der Waals surface area contributed by atoms with Gasteiger partial charge >= 0.3 is 0 Å². The van der Waals surface area contributed by atoms with Crippen LogP contribution in [0.25, 0.3) is 17.2 Å². The summed E-state index contributed by atoms with van der Waals surface area (Å²) < 4.78 is 1.39. The molecular weight excluding hydrogens is 362 g/mol. The Kier molecular flexibility index (Phi) is 5.16. The number of hydrogen-bond donors (Lipinski definition) is 2. The van der Waals surface area contributed by atoms with E-state index in [0.29, 0.717) is 23.8 Å². The molecule has 4 aromatic rings. The van der Waals surface area contributed by atoms with Crippen LogP contribution in [0.2, 0.25) is 0 Å². The third-order valence-corrected chi connectivity index (χ3v) is 5.16. The Bertz CT molecular complexity index is 1220. The first-order valence-electron chi connectivity index (χ1n) is 9.93. The fourth-order valence-electron chi connectivity index (χ4n) is 3.40. The van der Waals surface area contributed by atoms with E-state index in [0.717, 1.165) is 24.1 Å². The number of para-hydroxylation sites is 1. The van der Waals surface area contributed by atoms with Crippen LogP contribution in [0.3, 0.4) is 0 Å². The molecule has 0 amide bonds. The number of hydrogen-bond acceptors (Lipinski definition) is 4. The van der Waals surface area contributed by atoms with Crippen molar-refractivity contribution in [1.29, 1.82) is 0 Å². The minimum Gasteiger partial charge on any atom is -0.379 e. The van der Waals surface area contributed by atoms with E-state index in [1.807, 2.05) is 18.2 Å². The molecule has 0 fully saturated rings. The summed E-state index contributed by atoms with van der Waals surface area (Å²) in [5.41, 5.74) is 6.18. The van der Waals surface area contributed by atoms with Gasteiger partial charge in [0.1, 0.15) is 0 Å². The summed E-state index contributed by atoms with van der Waals surface area (Å²) in [6.07, 6.45) is 2.09. The first-order chi connectivity index (χ1) is 14.0. The number of nitrogens with one attached hydrogen (secondary N) is 2. The van der Waals surface area contributed by atoms with Crippen molar-refractivity contribution in [1.82, 2.24) is 19.6 Å². The molecule has 0 aliphatic carbocycles. The normalized spacial score (nSPS) is 11.1. The standard InChI is InChI=1S/C23H25N5O/c1-4-7-17-8-5-6-9-20(17)24-14-19-13-21(29)28-23(25-19)26-22(27-28)18-11-10-15(2)16(3)12-18/h5-6,8-13,24H,4,7,14H2,1-3H3,(H,25,26,27). The van der Waals surface area contributed by atoms with Gasteiger partial charge in [-0.2, -0.15) is 9.50 Å². The molecule has 0 aliphatic rings. The minimum absolute atomic E-state index is 0.170. The molecule has 148 valence electrons. The van der Waals surface area contributed by atoms with Gasteiger partial charge in [0.05, 0.1) is 12.2 Å². The molecule has 0 spiro atoms. The fraction of sp³-hybridized carbons (Fsp3) is 0.261. The molecule has 0 radical (unpaired) electrons. The van der Waals surface area contributed by atoms with Crippen LogP contribution in [0.15, 0.2) is 53.3 Å². The molecule has 2 N–H and O–H groups in total. The number of H-pyrrole nitrogens is 1. The highest BCUT2D eigenvalue weighted by Gasteiger charge is 2.11. The molecule has 0 aliphatic heterocycles. The number of rotatable bonds is 6. The third-order valence-electron chi connectivity index (χ3n) is 5.16. The molecular formula is C23H25N5O. The van der Waals surface area contributed by atoms with Gasteiger partial charge in [-0.1, -0.05) is 43.7 Å². The topological polar surface area (TPSA) is 75.1 Å². The molecule has 2 aromatic heterocycles. The van der Waals surface area contributed by atoms with Crippen LogP contribution < -0.4 is 10.9 Å². The van der Waals surface area contributed by atoms with Gasteiger partial charge in [0.2, 0.25) is 0 Å². The van der Waals surface area contributed by atoms with E-state index in [1.54, 1.807) is 6.07 Å². The first kappa shape index (κ1) is 18.9. The average Bonchev–Trinajstić information content (AvgIpc) is 3.14. The maximum atomic E-state index is 12.6. The second-order valence-corrected chi connectivity index (χ2v) is 7.35. The summed E-state index contributed by atoms with van der Waals surface area (Å²) >= 11 is 0. The maximum Gasteiger partial charge on any atom is 0.274 e. The van der Waals surface area contributed by atoms with Crippen LogP contribution in [0.5, 0.6) is 0 Å². The summed E-state index contributed by atoms with van der Waals surface area (Å²) in [6.45, 7) is 6.77. The Morgan fingerprint density at radius 3 is 2.66 bits per heavy atom. The molecule has 0 atom stereocenters. The highest BCUT2D eigenvalue weighted by molar-refractivity contribution is 5.59. The molecule has 0 saturated carbocycles. The number of aryl methyl sites for hydroxylation is 3. The van der Waals surface area contributed by atoms with Crippen molar-refractivity contribution in [2.45, 2.75) is 40.2 Å². The van der Waals surface area contributed by atoms with E-state index in [1.165, 1.54) is 21.2 Å². The van der Waals surface area contributed by atoms with Crippen LogP contribution in [-0.4, -0.2) is 19.6 Å². The van der Waals surface area contributed by atoms with Crippen LogP contribution in [-0.2, 0) is 13.0 Å². The number of aromatic amines is 1. The Hall–Kier alpha value is -3.41. The lowest BCUT2D eigenvalue weighted by atomic mass is 10.1. The van der Waals surface area contributed by atoms with Crippen LogP contribution in [0.1, 0.15) is 35.7 Å². The van der Waals surface area contributed by atoms with Crippen LogP contribution in [0, 0.1) is 13.8 Å². The summed E-state index contributed by atoms with van der Waals surface area (Å²) in [7, 11) is 0. The second kappa shape index (κ2) is 7.91. The van der Waals surface area contributed by atoms with Crippen molar-refractivity contribution in [2.24, 2.45) is 0 Å². The van der Waals surface area contributed by atoms with Gasteiger partial charge < -0.3 is 5.32 Å². The van der Waals surface area contributed by atoms with Crippen molar-refractivity contribution >= 4 is 11.5 Å². The van der Waals surface area contributed by atoms with E-state index < -0.39 is 0 Å². The van der Waals surface area contributed by atoms with Gasteiger partial charge in [0.15, 0.2) is 5.82 Å². The predicted octanol–water partition coefficient (Wildman–Crippen LogP) is 4.27. The van der Waals surface area contributed by atoms with Crippen molar-refractivity contribution in [3.05, 3.63) is 81.3 Å². The van der Waals surface area contributed by atoms with Gasteiger partial charge in [-0.05, 0) is 49.1 Å². The lowest BCUT2D eigenvalue weighted by Gasteiger charge is -2.11. The summed E-state index contributed by atoms with van der Waals surface area (Å²) in [5.74, 6) is 1.01. The molecule has 2 aromatic carbocycles. The smallest absolute Gasteiger partial charge is 0.274 e. The van der Waals surface area contributed by atoms with Gasteiger partial charge in [-0.25, -0.2) is 4.98 Å². The van der Waals surface area contributed by atoms with Gasteiger partial charge in [0, 0.05) is 17.3 Å². The average molecular weight is 387 g/mol. The Balaban J connectivity index is 1.62. The van der Waals surface area contributed by atoms with E-state index in [4.69, 9.17) is 0 Å². The van der Waals surface area contributed by atoms with E-state index in [2.05, 4.69) is 65.4 Å². The number of fused-ring (bicyclic) bond motifs is 1. The molecule has 4 rings (SSSR count). The maximum absolute atomic E-state index is 12.6. The Morgan fingerprint density at radius 1 is 1.03 bits per heavy atom. The quantitative estimate of drug-likeness (QED) is 0.518. The molecule has 0 saturated heterocycles. The van der Waals surface area contributed by atoms with E-state index in [9.17, 15) is 4.79 Å². The Morgan fingerprint density at radius 2 is 1.86 bits per heavy atom. The van der Waals surface area contributed by atoms with Crippen LogP contribution >= 0.6 is 0 Å². The Labute approximate surface area is 169 Å². The molecule has 6 nitrogen and oxygen atoms in total. The largest absolute Gasteiger partial charge is 0.379 e. The summed E-state index contributed by atoms with van der Waals surface area (Å²) in [5, 5.41) is 6.47. The van der Waals surface area contributed by atoms with E-state index in [-0.39, 0.29) is 5.56 Å². The summed E-state index contributed by atoms with van der Waals surface area (Å²) in [4.78, 5) is 21.7. The SMILES string of the molecule is CCCc1ccccc1NCc1cc(=O)n2[nH]c(-c3ccc(C)c(C)c3)nc2n1. The third kappa shape index (κ3) is 3.92. The van der Waals surface area contributed by atoms with E-state index >= 15 is 0 Å².